The standard InChI is InChI=1S/C38H32N2O4/c41-34(40-33(38(43)44)25-27-13-5-1-6-14-27)26-39-37(42)32-23-21-31(22-24-32)36(30-19-11-4-12-20-30)35(28-15-7-2-8-16-28)29-17-9-3-10-18-29/h1-24,33H,25-26H2,(H,39,42)(H,40,41)(H,43,44)/t33-/m0/s1. The molecule has 218 valence electrons. The Bertz CT molecular complexity index is 1690. The van der Waals surface area contributed by atoms with E-state index in [0.29, 0.717) is 5.56 Å². The van der Waals surface area contributed by atoms with Gasteiger partial charge in [0.2, 0.25) is 5.91 Å². The first-order chi connectivity index (χ1) is 21.5. The highest BCUT2D eigenvalue weighted by atomic mass is 16.4. The summed E-state index contributed by atoms with van der Waals surface area (Å²) in [5.74, 6) is -2.15. The number of aliphatic carboxylic acids is 1. The van der Waals surface area contributed by atoms with Gasteiger partial charge in [0.05, 0.1) is 6.54 Å². The van der Waals surface area contributed by atoms with E-state index in [-0.39, 0.29) is 13.0 Å². The summed E-state index contributed by atoms with van der Waals surface area (Å²) in [6, 6.07) is 45.8. The van der Waals surface area contributed by atoms with Crippen molar-refractivity contribution in [1.82, 2.24) is 10.6 Å². The zero-order valence-electron chi connectivity index (χ0n) is 24.0. The molecule has 6 nitrogen and oxygen atoms in total. The largest absolute Gasteiger partial charge is 0.480 e. The number of carboxylic acid groups (broad SMARTS) is 1. The number of hydrogen-bond donors (Lipinski definition) is 3. The lowest BCUT2D eigenvalue weighted by molar-refractivity contribution is -0.141. The van der Waals surface area contributed by atoms with Gasteiger partial charge in [-0.2, -0.15) is 0 Å². The van der Waals surface area contributed by atoms with E-state index in [0.717, 1.165) is 39.0 Å². The van der Waals surface area contributed by atoms with Gasteiger partial charge in [0.15, 0.2) is 0 Å². The Morgan fingerprint density at radius 2 is 0.909 bits per heavy atom. The molecule has 5 rings (SSSR count). The van der Waals surface area contributed by atoms with Crippen molar-refractivity contribution in [2.75, 3.05) is 6.54 Å². The minimum atomic E-state index is -1.14. The van der Waals surface area contributed by atoms with Crippen molar-refractivity contribution < 1.29 is 19.5 Å². The maximum atomic E-state index is 13.0. The molecule has 0 fully saturated rings. The van der Waals surface area contributed by atoms with Crippen molar-refractivity contribution in [3.05, 3.63) is 179 Å². The minimum absolute atomic E-state index is 0.141. The third kappa shape index (κ3) is 7.55. The number of hydrogen-bond acceptors (Lipinski definition) is 3. The van der Waals surface area contributed by atoms with Crippen molar-refractivity contribution in [1.29, 1.82) is 0 Å². The van der Waals surface area contributed by atoms with E-state index < -0.39 is 23.8 Å². The topological polar surface area (TPSA) is 95.5 Å². The first-order valence-corrected chi connectivity index (χ1v) is 14.3. The van der Waals surface area contributed by atoms with E-state index in [1.807, 2.05) is 84.9 Å². The Kier molecular flexibility index (Phi) is 9.75. The number of carbonyl (C=O) groups is 3. The van der Waals surface area contributed by atoms with Gasteiger partial charge >= 0.3 is 5.97 Å². The number of amides is 2. The summed E-state index contributed by atoms with van der Waals surface area (Å²) in [4.78, 5) is 37.2. The van der Waals surface area contributed by atoms with Crippen LogP contribution in [-0.4, -0.2) is 35.5 Å². The van der Waals surface area contributed by atoms with Gasteiger partial charge in [0, 0.05) is 12.0 Å². The second kappa shape index (κ2) is 14.4. The fourth-order valence-electron chi connectivity index (χ4n) is 5.07. The van der Waals surface area contributed by atoms with E-state index in [1.54, 1.807) is 24.3 Å². The monoisotopic (exact) mass is 580 g/mol. The molecular formula is C38H32N2O4. The summed E-state index contributed by atoms with van der Waals surface area (Å²) < 4.78 is 0. The SMILES string of the molecule is O=C(CNC(=O)c1ccc(C(=C(c2ccccc2)c2ccccc2)c2ccccc2)cc1)N[C@@H](Cc1ccccc1)C(=O)O. The van der Waals surface area contributed by atoms with Crippen LogP contribution in [0, 0.1) is 0 Å². The van der Waals surface area contributed by atoms with Crippen molar-refractivity contribution in [3.8, 4) is 0 Å². The van der Waals surface area contributed by atoms with Gasteiger partial charge in [0.25, 0.3) is 5.91 Å². The smallest absolute Gasteiger partial charge is 0.326 e. The summed E-state index contributed by atoms with van der Waals surface area (Å²) in [6.07, 6.45) is 0.141. The maximum absolute atomic E-state index is 13.0. The van der Waals surface area contributed by atoms with Crippen LogP contribution >= 0.6 is 0 Å². The average Bonchev–Trinajstić information content (AvgIpc) is 3.07. The van der Waals surface area contributed by atoms with Crippen LogP contribution in [0.25, 0.3) is 11.1 Å². The first-order valence-electron chi connectivity index (χ1n) is 14.3. The summed E-state index contributed by atoms with van der Waals surface area (Å²) in [5, 5.41) is 14.7. The van der Waals surface area contributed by atoms with Gasteiger partial charge in [-0.25, -0.2) is 4.79 Å². The van der Waals surface area contributed by atoms with Gasteiger partial charge in [-0.05, 0) is 51.1 Å². The Hall–Kier alpha value is -5.75. The van der Waals surface area contributed by atoms with Crippen LogP contribution in [0.3, 0.4) is 0 Å². The van der Waals surface area contributed by atoms with E-state index in [2.05, 4.69) is 47.0 Å². The second-order valence-corrected chi connectivity index (χ2v) is 10.3. The number of nitrogens with one attached hydrogen (secondary N) is 2. The number of rotatable bonds is 11. The Labute approximate surface area is 256 Å². The first kappa shape index (κ1) is 29.7. The molecule has 5 aromatic carbocycles. The highest BCUT2D eigenvalue weighted by Gasteiger charge is 2.21. The molecule has 1 atom stereocenters. The van der Waals surface area contributed by atoms with Crippen molar-refractivity contribution in [2.24, 2.45) is 0 Å². The zero-order chi connectivity index (χ0) is 30.7. The molecule has 0 aromatic heterocycles. The lowest BCUT2D eigenvalue weighted by atomic mass is 9.85. The molecule has 0 spiro atoms. The molecule has 2 amide bonds. The molecule has 6 heteroatoms. The maximum Gasteiger partial charge on any atom is 0.326 e. The van der Waals surface area contributed by atoms with E-state index in [4.69, 9.17) is 0 Å². The van der Waals surface area contributed by atoms with Crippen molar-refractivity contribution >= 4 is 28.9 Å². The lowest BCUT2D eigenvalue weighted by Crippen LogP contribution is -2.46. The Morgan fingerprint density at radius 3 is 1.34 bits per heavy atom. The summed E-state index contributed by atoms with van der Waals surface area (Å²) in [7, 11) is 0. The van der Waals surface area contributed by atoms with Gasteiger partial charge in [-0.3, -0.25) is 9.59 Å². The Balaban J connectivity index is 1.37. The van der Waals surface area contributed by atoms with Gasteiger partial charge in [-0.15, -0.1) is 0 Å². The molecule has 3 N–H and O–H groups in total. The molecular weight excluding hydrogens is 548 g/mol. The molecule has 0 saturated heterocycles. The number of carboxylic acids is 1. The third-order valence-corrected chi connectivity index (χ3v) is 7.20. The van der Waals surface area contributed by atoms with E-state index >= 15 is 0 Å². The second-order valence-electron chi connectivity index (χ2n) is 10.3. The fourth-order valence-corrected chi connectivity index (χ4v) is 5.07. The van der Waals surface area contributed by atoms with E-state index in [9.17, 15) is 19.5 Å². The molecule has 0 saturated carbocycles. The predicted octanol–water partition coefficient (Wildman–Crippen LogP) is 6.24. The normalized spacial score (nSPS) is 11.2. The van der Waals surface area contributed by atoms with Gasteiger partial charge in [0.1, 0.15) is 6.04 Å². The highest BCUT2D eigenvalue weighted by Crippen LogP contribution is 2.36. The highest BCUT2D eigenvalue weighted by molar-refractivity contribution is 6.05. The molecule has 0 heterocycles. The van der Waals surface area contributed by atoms with Crippen molar-refractivity contribution in [3.63, 3.8) is 0 Å². The Morgan fingerprint density at radius 1 is 0.523 bits per heavy atom. The number of carbonyl (C=O) groups excluding carboxylic acids is 2. The predicted molar refractivity (Wildman–Crippen MR) is 173 cm³/mol. The number of benzene rings is 5. The van der Waals surface area contributed by atoms with Crippen LogP contribution in [0.2, 0.25) is 0 Å². The fraction of sp³-hybridized carbons (Fsp3) is 0.0789. The molecule has 0 radical (unpaired) electrons. The molecule has 0 bridgehead atoms. The van der Waals surface area contributed by atoms with Crippen LogP contribution in [-0.2, 0) is 16.0 Å². The summed E-state index contributed by atoms with van der Waals surface area (Å²) in [6.45, 7) is -0.347. The third-order valence-electron chi connectivity index (χ3n) is 7.20. The van der Waals surface area contributed by atoms with Crippen LogP contribution in [0.4, 0.5) is 0 Å². The summed E-state index contributed by atoms with van der Waals surface area (Å²) >= 11 is 0. The van der Waals surface area contributed by atoms with Crippen LogP contribution < -0.4 is 10.6 Å². The van der Waals surface area contributed by atoms with Gasteiger partial charge < -0.3 is 15.7 Å². The molecule has 0 aliphatic heterocycles. The van der Waals surface area contributed by atoms with Gasteiger partial charge in [-0.1, -0.05) is 133 Å². The molecule has 0 aliphatic rings. The van der Waals surface area contributed by atoms with Crippen LogP contribution in [0.5, 0.6) is 0 Å². The van der Waals surface area contributed by atoms with Crippen LogP contribution in [0.1, 0.15) is 38.2 Å². The average molecular weight is 581 g/mol. The molecule has 0 unspecified atom stereocenters. The molecule has 5 aromatic rings. The molecule has 44 heavy (non-hydrogen) atoms. The van der Waals surface area contributed by atoms with Crippen LogP contribution in [0.15, 0.2) is 146 Å². The van der Waals surface area contributed by atoms with Crippen molar-refractivity contribution in [2.45, 2.75) is 12.5 Å². The lowest BCUT2D eigenvalue weighted by Gasteiger charge is -2.18. The summed E-state index contributed by atoms with van der Waals surface area (Å²) in [5.41, 5.74) is 7.35. The minimum Gasteiger partial charge on any atom is -0.480 e. The quantitative estimate of drug-likeness (QED) is 0.161. The van der Waals surface area contributed by atoms with E-state index in [1.165, 1.54) is 0 Å². The molecule has 0 aliphatic carbocycles. The zero-order valence-corrected chi connectivity index (χ0v) is 24.0.